The molecule has 0 aromatic heterocycles. The third-order valence-corrected chi connectivity index (χ3v) is 7.77. The lowest BCUT2D eigenvalue weighted by Crippen LogP contribution is -2.57. The van der Waals surface area contributed by atoms with Crippen molar-refractivity contribution in [2.24, 2.45) is 11.8 Å². The zero-order valence-corrected chi connectivity index (χ0v) is 24.2. The van der Waals surface area contributed by atoms with Gasteiger partial charge in [-0.2, -0.15) is 0 Å². The number of amides is 2. The Kier molecular flexibility index (Phi) is 12.2. The number of likely N-dealkylation sites (tertiary alicyclic amines) is 1. The lowest BCUT2D eigenvalue weighted by Gasteiger charge is -2.43. The summed E-state index contributed by atoms with van der Waals surface area (Å²) in [5.74, 6) is -0.467. The molecule has 1 fully saturated rings. The number of carbonyl (C=O) groups excluding carboxylic acids is 1. The minimum Gasteiger partial charge on any atom is -0.454 e. The van der Waals surface area contributed by atoms with Crippen molar-refractivity contribution in [1.29, 1.82) is 0 Å². The first-order valence-electron chi connectivity index (χ1n) is 14.3. The van der Waals surface area contributed by atoms with Crippen LogP contribution >= 0.6 is 0 Å². The molecule has 1 saturated heterocycles. The molecule has 0 spiro atoms. The molecule has 1 heterocycles. The molecule has 0 radical (unpaired) electrons. The van der Waals surface area contributed by atoms with Crippen LogP contribution in [0.1, 0.15) is 51.5 Å². The van der Waals surface area contributed by atoms with E-state index < -0.39 is 23.6 Å². The van der Waals surface area contributed by atoms with Crippen LogP contribution in [0.4, 0.5) is 9.18 Å². The molecule has 4 atom stereocenters. The Morgan fingerprint density at radius 3 is 2.60 bits per heavy atom. The second-order valence-corrected chi connectivity index (χ2v) is 11.0. The third kappa shape index (κ3) is 8.16. The van der Waals surface area contributed by atoms with Gasteiger partial charge in [0.1, 0.15) is 5.75 Å². The van der Waals surface area contributed by atoms with Crippen molar-refractivity contribution in [2.75, 3.05) is 40.4 Å². The van der Waals surface area contributed by atoms with Gasteiger partial charge in [0.15, 0.2) is 11.6 Å². The van der Waals surface area contributed by atoms with E-state index in [-0.39, 0.29) is 30.2 Å². The molecule has 0 unspecified atom stereocenters. The van der Waals surface area contributed by atoms with Gasteiger partial charge in [-0.1, -0.05) is 44.2 Å². The molecule has 1 aliphatic rings. The Labute approximate surface area is 237 Å². The van der Waals surface area contributed by atoms with Crippen LogP contribution in [0.3, 0.4) is 0 Å². The summed E-state index contributed by atoms with van der Waals surface area (Å²) in [6.07, 6.45) is 2.39. The predicted molar refractivity (Wildman–Crippen MR) is 154 cm³/mol. The number of carbonyl (C=O) groups is 1. The van der Waals surface area contributed by atoms with Crippen molar-refractivity contribution in [2.45, 2.75) is 63.7 Å². The standard InChI is InChI=1S/C31H46FN3O5/c1-22(2)28(36)27(20-33-3)34-30(37)35-18-11-12-23(21-35)31(38,17-8-9-19-39-4)25-15-10-16-26(32)29(25)40-24-13-6-5-7-14-24/h5-7,10,13-16,22-23,27-28,33,36,38H,8-9,11-12,17-21H2,1-4H3,(H,34,37)/t23-,27-,28-,31+/m1/s1. The van der Waals surface area contributed by atoms with Gasteiger partial charge in [-0.3, -0.25) is 0 Å². The smallest absolute Gasteiger partial charge is 0.317 e. The molecule has 222 valence electrons. The van der Waals surface area contributed by atoms with Crippen molar-refractivity contribution < 1.29 is 28.9 Å². The molecule has 3 rings (SSSR count). The van der Waals surface area contributed by atoms with Crippen LogP contribution in [-0.4, -0.2) is 73.7 Å². The highest BCUT2D eigenvalue weighted by atomic mass is 19.1. The molecule has 9 heteroatoms. The molecule has 2 amide bonds. The maximum atomic E-state index is 15.3. The largest absolute Gasteiger partial charge is 0.454 e. The first kappa shape index (κ1) is 31.8. The first-order valence-corrected chi connectivity index (χ1v) is 14.3. The van der Waals surface area contributed by atoms with E-state index in [4.69, 9.17) is 9.47 Å². The topological polar surface area (TPSA) is 103 Å². The van der Waals surface area contributed by atoms with E-state index in [1.54, 1.807) is 43.3 Å². The molecule has 0 saturated carbocycles. The summed E-state index contributed by atoms with van der Waals surface area (Å²) in [5, 5.41) is 29.1. The van der Waals surface area contributed by atoms with Crippen LogP contribution in [0.5, 0.6) is 11.5 Å². The molecule has 8 nitrogen and oxygen atoms in total. The molecule has 1 aliphatic heterocycles. The van der Waals surface area contributed by atoms with Gasteiger partial charge in [-0.15, -0.1) is 0 Å². The molecule has 0 bridgehead atoms. The van der Waals surface area contributed by atoms with Crippen molar-refractivity contribution in [1.82, 2.24) is 15.5 Å². The molecule has 40 heavy (non-hydrogen) atoms. The van der Waals surface area contributed by atoms with Crippen LogP contribution in [0, 0.1) is 17.7 Å². The third-order valence-electron chi connectivity index (χ3n) is 7.77. The number of benzene rings is 2. The zero-order valence-electron chi connectivity index (χ0n) is 24.2. The van der Waals surface area contributed by atoms with Crippen LogP contribution < -0.4 is 15.4 Å². The average molecular weight is 560 g/mol. The Morgan fingerprint density at radius 2 is 1.93 bits per heavy atom. The van der Waals surface area contributed by atoms with Crippen molar-refractivity contribution in [3.63, 3.8) is 0 Å². The summed E-state index contributed by atoms with van der Waals surface area (Å²) < 4.78 is 26.5. The minimum absolute atomic E-state index is 0.00124. The van der Waals surface area contributed by atoms with E-state index in [1.807, 2.05) is 32.0 Å². The van der Waals surface area contributed by atoms with Crippen LogP contribution in [0.15, 0.2) is 48.5 Å². The van der Waals surface area contributed by atoms with Gasteiger partial charge in [0.2, 0.25) is 0 Å². The van der Waals surface area contributed by atoms with Crippen molar-refractivity contribution in [3.05, 3.63) is 59.9 Å². The normalized spacial score (nSPS) is 18.7. The van der Waals surface area contributed by atoms with Gasteiger partial charge in [0, 0.05) is 44.8 Å². The summed E-state index contributed by atoms with van der Waals surface area (Å²) in [5.41, 5.74) is -1.06. The van der Waals surface area contributed by atoms with Crippen molar-refractivity contribution in [3.8, 4) is 11.5 Å². The number of nitrogens with zero attached hydrogens (tertiary/aromatic N) is 1. The van der Waals surface area contributed by atoms with E-state index in [0.29, 0.717) is 56.7 Å². The number of nitrogens with one attached hydrogen (secondary N) is 2. The number of rotatable bonds is 14. The second-order valence-electron chi connectivity index (χ2n) is 11.0. The summed E-state index contributed by atoms with van der Waals surface area (Å²) in [4.78, 5) is 15.1. The number of halogens is 1. The number of hydrogen-bond donors (Lipinski definition) is 4. The van der Waals surface area contributed by atoms with Crippen LogP contribution in [-0.2, 0) is 10.3 Å². The number of ether oxygens (including phenoxy) is 2. The number of urea groups is 1. The Balaban J connectivity index is 1.90. The van der Waals surface area contributed by atoms with Gasteiger partial charge >= 0.3 is 6.03 Å². The number of piperidine rings is 1. The summed E-state index contributed by atoms with van der Waals surface area (Å²) in [6, 6.07) is 12.8. The number of hydrogen-bond acceptors (Lipinski definition) is 6. The van der Waals surface area contributed by atoms with Gasteiger partial charge in [0.25, 0.3) is 0 Å². The Bertz CT molecular complexity index is 1060. The quantitative estimate of drug-likeness (QED) is 0.251. The fraction of sp³-hybridized carbons (Fsp3) is 0.581. The Morgan fingerprint density at radius 1 is 1.18 bits per heavy atom. The molecule has 4 N–H and O–H groups in total. The highest BCUT2D eigenvalue weighted by molar-refractivity contribution is 5.74. The van der Waals surface area contributed by atoms with E-state index in [1.165, 1.54) is 6.07 Å². The van der Waals surface area contributed by atoms with Gasteiger partial charge in [0.05, 0.1) is 17.7 Å². The number of likely N-dealkylation sites (N-methyl/N-ethyl adjacent to an activating group) is 1. The maximum Gasteiger partial charge on any atom is 0.317 e. The number of unbranched alkanes of at least 4 members (excludes halogenated alkanes) is 1. The van der Waals surface area contributed by atoms with Gasteiger partial charge in [-0.25, -0.2) is 9.18 Å². The zero-order chi connectivity index (χ0) is 29.1. The van der Waals surface area contributed by atoms with E-state index in [9.17, 15) is 15.0 Å². The fourth-order valence-electron chi connectivity index (χ4n) is 5.50. The van der Waals surface area contributed by atoms with E-state index in [2.05, 4.69) is 10.6 Å². The monoisotopic (exact) mass is 559 g/mol. The molecular formula is C31H46FN3O5. The fourth-order valence-corrected chi connectivity index (χ4v) is 5.50. The van der Waals surface area contributed by atoms with E-state index >= 15 is 4.39 Å². The summed E-state index contributed by atoms with van der Waals surface area (Å²) in [6.45, 7) is 5.62. The highest BCUT2D eigenvalue weighted by Gasteiger charge is 2.44. The number of methoxy groups -OCH3 is 1. The van der Waals surface area contributed by atoms with Gasteiger partial charge in [-0.05, 0) is 63.3 Å². The average Bonchev–Trinajstić information content (AvgIpc) is 2.96. The predicted octanol–water partition coefficient (Wildman–Crippen LogP) is 4.65. The summed E-state index contributed by atoms with van der Waals surface area (Å²) >= 11 is 0. The molecular weight excluding hydrogens is 513 g/mol. The van der Waals surface area contributed by atoms with Crippen LogP contribution in [0.2, 0.25) is 0 Å². The lowest BCUT2D eigenvalue weighted by atomic mass is 9.73. The van der Waals surface area contributed by atoms with Crippen molar-refractivity contribution >= 4 is 6.03 Å². The SMILES string of the molecule is CNC[C@@H](NC(=O)N1CCC[C@@H]([C@@](O)(CCCCOC)c2cccc(F)c2Oc2ccccc2)C1)[C@H](O)C(C)C. The number of para-hydroxylation sites is 2. The maximum absolute atomic E-state index is 15.3. The number of aliphatic hydroxyl groups is 2. The van der Waals surface area contributed by atoms with Crippen LogP contribution in [0.25, 0.3) is 0 Å². The minimum atomic E-state index is -1.44. The Hall–Kier alpha value is -2.72. The summed E-state index contributed by atoms with van der Waals surface area (Å²) in [7, 11) is 3.42. The highest BCUT2D eigenvalue weighted by Crippen LogP contribution is 2.45. The molecule has 0 aliphatic carbocycles. The lowest BCUT2D eigenvalue weighted by molar-refractivity contribution is -0.0580. The molecule has 2 aromatic rings. The number of aliphatic hydroxyl groups excluding tert-OH is 1. The molecule has 2 aromatic carbocycles. The second kappa shape index (κ2) is 15.3. The first-order chi connectivity index (χ1) is 19.2. The van der Waals surface area contributed by atoms with E-state index in [0.717, 1.165) is 6.42 Å². The van der Waals surface area contributed by atoms with Gasteiger partial charge < -0.3 is 35.2 Å².